The van der Waals surface area contributed by atoms with Crippen LogP contribution in [-0.2, 0) is 11.3 Å². The lowest BCUT2D eigenvalue weighted by atomic mass is 10.2. The van der Waals surface area contributed by atoms with Crippen molar-refractivity contribution in [2.75, 3.05) is 43.0 Å². The number of carbonyl (C=O) groups excluding carboxylic acids is 1. The number of nitrogens with one attached hydrogen (secondary N) is 1. The van der Waals surface area contributed by atoms with Gasteiger partial charge in [-0.3, -0.25) is 9.69 Å². The zero-order chi connectivity index (χ0) is 22.3. The lowest BCUT2D eigenvalue weighted by Gasteiger charge is -2.36. The maximum absolute atomic E-state index is 12.2. The Morgan fingerprint density at radius 3 is 2.38 bits per heavy atom. The highest BCUT2D eigenvalue weighted by molar-refractivity contribution is 6.31. The summed E-state index contributed by atoms with van der Waals surface area (Å²) in [4.78, 5) is 17.1. The second-order valence-corrected chi connectivity index (χ2v) is 8.45. The van der Waals surface area contributed by atoms with Gasteiger partial charge in [-0.2, -0.15) is 0 Å². The van der Waals surface area contributed by atoms with Crippen LogP contribution in [0.4, 0.5) is 11.4 Å². The molecule has 1 heterocycles. The molecule has 0 bridgehead atoms. The van der Waals surface area contributed by atoms with Gasteiger partial charge in [0.05, 0.1) is 0 Å². The Hall–Kier alpha value is -3.02. The molecule has 1 N–H and O–H groups in total. The Bertz CT molecular complexity index is 1030. The Morgan fingerprint density at radius 2 is 1.69 bits per heavy atom. The number of aryl methyl sites for hydroxylation is 1. The van der Waals surface area contributed by atoms with E-state index >= 15 is 0 Å². The largest absolute Gasteiger partial charge is 0.484 e. The Kier molecular flexibility index (Phi) is 7.30. The number of carbonyl (C=O) groups is 1. The van der Waals surface area contributed by atoms with E-state index in [9.17, 15) is 4.79 Å². The number of piperazine rings is 1. The standard InChI is InChI=1S/C26H28ClN3O2/c1-20-17-24(11-12-25(20)27)32-19-26(31)28-22-7-9-23(10-8-22)30-15-13-29(14-16-30)18-21-5-3-2-4-6-21/h2-12,17H,13-16,18-19H2,1H3,(H,28,31). The molecule has 0 aliphatic carbocycles. The summed E-state index contributed by atoms with van der Waals surface area (Å²) in [6.45, 7) is 6.91. The summed E-state index contributed by atoms with van der Waals surface area (Å²) < 4.78 is 5.56. The van der Waals surface area contributed by atoms with Crippen LogP contribution in [0.2, 0.25) is 5.02 Å². The molecule has 6 heteroatoms. The monoisotopic (exact) mass is 449 g/mol. The lowest BCUT2D eigenvalue weighted by Crippen LogP contribution is -2.45. The van der Waals surface area contributed by atoms with E-state index in [1.807, 2.05) is 25.1 Å². The maximum Gasteiger partial charge on any atom is 0.262 e. The molecule has 0 unspecified atom stereocenters. The molecule has 1 aliphatic rings. The molecule has 3 aromatic carbocycles. The van der Waals surface area contributed by atoms with Crippen LogP contribution < -0.4 is 15.0 Å². The minimum Gasteiger partial charge on any atom is -0.484 e. The van der Waals surface area contributed by atoms with Gasteiger partial charge in [0.1, 0.15) is 5.75 Å². The van der Waals surface area contributed by atoms with E-state index in [0.29, 0.717) is 10.8 Å². The molecular weight excluding hydrogens is 422 g/mol. The predicted octanol–water partition coefficient (Wildman–Crippen LogP) is 4.99. The first kappa shape index (κ1) is 22.2. The number of halogens is 1. The molecule has 1 fully saturated rings. The predicted molar refractivity (Wildman–Crippen MR) is 131 cm³/mol. The van der Waals surface area contributed by atoms with Crippen LogP contribution >= 0.6 is 11.6 Å². The minimum atomic E-state index is -0.195. The average molecular weight is 450 g/mol. The van der Waals surface area contributed by atoms with Gasteiger partial charge >= 0.3 is 0 Å². The minimum absolute atomic E-state index is 0.0494. The van der Waals surface area contributed by atoms with E-state index in [1.165, 1.54) is 11.3 Å². The van der Waals surface area contributed by atoms with Gasteiger partial charge in [0.15, 0.2) is 6.61 Å². The van der Waals surface area contributed by atoms with Crippen molar-refractivity contribution in [2.24, 2.45) is 0 Å². The van der Waals surface area contributed by atoms with Crippen molar-refractivity contribution in [3.05, 3.63) is 88.9 Å². The molecule has 0 saturated carbocycles. The number of ether oxygens (including phenoxy) is 1. The third-order valence-electron chi connectivity index (χ3n) is 5.64. The van der Waals surface area contributed by atoms with E-state index in [0.717, 1.165) is 44.0 Å². The SMILES string of the molecule is Cc1cc(OCC(=O)Nc2ccc(N3CCN(Cc4ccccc4)CC3)cc2)ccc1Cl. The normalized spacial score (nSPS) is 14.2. The van der Waals surface area contributed by atoms with Crippen LogP contribution in [0.25, 0.3) is 0 Å². The molecule has 32 heavy (non-hydrogen) atoms. The first-order valence-corrected chi connectivity index (χ1v) is 11.2. The number of nitrogens with zero attached hydrogens (tertiary/aromatic N) is 2. The van der Waals surface area contributed by atoms with Gasteiger partial charge in [-0.25, -0.2) is 0 Å². The van der Waals surface area contributed by atoms with Crippen molar-refractivity contribution in [1.29, 1.82) is 0 Å². The zero-order valence-corrected chi connectivity index (χ0v) is 19.0. The van der Waals surface area contributed by atoms with Crippen molar-refractivity contribution in [3.8, 4) is 5.75 Å². The van der Waals surface area contributed by atoms with E-state index in [4.69, 9.17) is 16.3 Å². The molecule has 4 rings (SSSR count). The summed E-state index contributed by atoms with van der Waals surface area (Å²) >= 11 is 6.02. The first-order valence-electron chi connectivity index (χ1n) is 10.9. The molecule has 5 nitrogen and oxygen atoms in total. The molecule has 0 aromatic heterocycles. The van der Waals surface area contributed by atoms with Crippen molar-refractivity contribution in [1.82, 2.24) is 4.90 Å². The molecule has 0 atom stereocenters. The van der Waals surface area contributed by atoms with Gasteiger partial charge in [-0.15, -0.1) is 0 Å². The van der Waals surface area contributed by atoms with E-state index in [-0.39, 0.29) is 12.5 Å². The van der Waals surface area contributed by atoms with E-state index in [1.54, 1.807) is 12.1 Å². The van der Waals surface area contributed by atoms with Crippen molar-refractivity contribution < 1.29 is 9.53 Å². The lowest BCUT2D eigenvalue weighted by molar-refractivity contribution is -0.118. The number of amides is 1. The fraction of sp³-hybridized carbons (Fsp3) is 0.269. The summed E-state index contributed by atoms with van der Waals surface area (Å²) in [6, 6.07) is 24.0. The molecule has 1 saturated heterocycles. The number of hydrogen-bond acceptors (Lipinski definition) is 4. The summed E-state index contributed by atoms with van der Waals surface area (Å²) in [6.07, 6.45) is 0. The van der Waals surface area contributed by atoms with Gasteiger partial charge in [0, 0.05) is 49.1 Å². The molecule has 0 radical (unpaired) electrons. The van der Waals surface area contributed by atoms with Gasteiger partial charge in [0.25, 0.3) is 5.91 Å². The Labute approximate surface area is 194 Å². The van der Waals surface area contributed by atoms with Gasteiger partial charge in [-0.1, -0.05) is 41.9 Å². The average Bonchev–Trinajstić information content (AvgIpc) is 2.82. The van der Waals surface area contributed by atoms with Crippen LogP contribution in [-0.4, -0.2) is 43.6 Å². The molecule has 1 aliphatic heterocycles. The number of hydrogen-bond donors (Lipinski definition) is 1. The highest BCUT2D eigenvalue weighted by Gasteiger charge is 2.17. The molecule has 166 valence electrons. The quantitative estimate of drug-likeness (QED) is 0.552. The summed E-state index contributed by atoms with van der Waals surface area (Å²) in [7, 11) is 0. The van der Waals surface area contributed by atoms with Crippen LogP contribution in [0.15, 0.2) is 72.8 Å². The topological polar surface area (TPSA) is 44.8 Å². The summed E-state index contributed by atoms with van der Waals surface area (Å²) in [5.41, 5.74) is 4.21. The van der Waals surface area contributed by atoms with Crippen LogP contribution in [0.5, 0.6) is 5.75 Å². The van der Waals surface area contributed by atoms with Crippen molar-refractivity contribution >= 4 is 28.9 Å². The Balaban J connectivity index is 1.23. The summed E-state index contributed by atoms with van der Waals surface area (Å²) in [5.74, 6) is 0.434. The molecule has 0 spiro atoms. The molecular formula is C26H28ClN3O2. The number of benzene rings is 3. The van der Waals surface area contributed by atoms with Crippen LogP contribution in [0.1, 0.15) is 11.1 Å². The van der Waals surface area contributed by atoms with Gasteiger partial charge in [-0.05, 0) is 60.5 Å². The van der Waals surface area contributed by atoms with Gasteiger partial charge < -0.3 is 15.0 Å². The van der Waals surface area contributed by atoms with Crippen LogP contribution in [0, 0.1) is 6.92 Å². The Morgan fingerprint density at radius 1 is 0.969 bits per heavy atom. The number of anilines is 2. The fourth-order valence-electron chi connectivity index (χ4n) is 3.81. The van der Waals surface area contributed by atoms with E-state index in [2.05, 4.69) is 57.6 Å². The van der Waals surface area contributed by atoms with E-state index < -0.39 is 0 Å². The maximum atomic E-state index is 12.2. The third-order valence-corrected chi connectivity index (χ3v) is 6.06. The third kappa shape index (κ3) is 6.02. The second kappa shape index (κ2) is 10.5. The highest BCUT2D eigenvalue weighted by Crippen LogP contribution is 2.22. The zero-order valence-electron chi connectivity index (χ0n) is 18.3. The molecule has 3 aromatic rings. The first-order chi connectivity index (χ1) is 15.6. The smallest absolute Gasteiger partial charge is 0.262 e. The van der Waals surface area contributed by atoms with Gasteiger partial charge in [0.2, 0.25) is 0 Å². The van der Waals surface area contributed by atoms with Crippen LogP contribution in [0.3, 0.4) is 0 Å². The fourth-order valence-corrected chi connectivity index (χ4v) is 3.93. The molecule has 1 amide bonds. The van der Waals surface area contributed by atoms with Crippen molar-refractivity contribution in [3.63, 3.8) is 0 Å². The number of rotatable bonds is 7. The van der Waals surface area contributed by atoms with Crippen molar-refractivity contribution in [2.45, 2.75) is 13.5 Å². The summed E-state index contributed by atoms with van der Waals surface area (Å²) in [5, 5.41) is 3.57. The second-order valence-electron chi connectivity index (χ2n) is 8.04. The highest BCUT2D eigenvalue weighted by atomic mass is 35.5.